The second kappa shape index (κ2) is 6.20. The molecule has 2 rings (SSSR count). The SMILES string of the molecule is Cc1cccc(/C=C/C(=O)NCC2(O)CCOC2C)c1. The number of aliphatic hydroxyl groups is 1. The fraction of sp³-hybridized carbons (Fsp3) is 0.438. The first kappa shape index (κ1) is 14.8. The van der Waals surface area contributed by atoms with Gasteiger partial charge in [-0.15, -0.1) is 0 Å². The van der Waals surface area contributed by atoms with Gasteiger partial charge in [-0.1, -0.05) is 29.8 Å². The van der Waals surface area contributed by atoms with E-state index >= 15 is 0 Å². The van der Waals surface area contributed by atoms with Crippen LogP contribution in [0.3, 0.4) is 0 Å². The zero-order valence-corrected chi connectivity index (χ0v) is 11.9. The van der Waals surface area contributed by atoms with Crippen LogP contribution in [-0.4, -0.2) is 35.9 Å². The molecular formula is C16H21NO3. The Morgan fingerprint density at radius 1 is 1.60 bits per heavy atom. The van der Waals surface area contributed by atoms with Crippen LogP contribution in [0.5, 0.6) is 0 Å². The van der Waals surface area contributed by atoms with Crippen molar-refractivity contribution in [1.82, 2.24) is 5.32 Å². The van der Waals surface area contributed by atoms with E-state index in [1.165, 1.54) is 6.08 Å². The molecule has 2 unspecified atom stereocenters. The summed E-state index contributed by atoms with van der Waals surface area (Å²) < 4.78 is 5.32. The number of rotatable bonds is 4. The van der Waals surface area contributed by atoms with Gasteiger partial charge in [-0.3, -0.25) is 4.79 Å². The highest BCUT2D eigenvalue weighted by Gasteiger charge is 2.39. The predicted octanol–water partition coefficient (Wildman–Crippen LogP) is 1.66. The van der Waals surface area contributed by atoms with Crippen molar-refractivity contribution >= 4 is 12.0 Å². The number of carbonyl (C=O) groups is 1. The summed E-state index contributed by atoms with van der Waals surface area (Å²) in [5.74, 6) is -0.209. The van der Waals surface area contributed by atoms with Gasteiger partial charge < -0.3 is 15.2 Å². The van der Waals surface area contributed by atoms with Gasteiger partial charge in [0.2, 0.25) is 5.91 Å². The Kier molecular flexibility index (Phi) is 4.57. The van der Waals surface area contributed by atoms with E-state index in [4.69, 9.17) is 4.74 Å². The van der Waals surface area contributed by atoms with Crippen molar-refractivity contribution in [3.8, 4) is 0 Å². The van der Waals surface area contributed by atoms with Crippen molar-refractivity contribution in [2.45, 2.75) is 32.0 Å². The zero-order valence-electron chi connectivity index (χ0n) is 11.9. The lowest BCUT2D eigenvalue weighted by molar-refractivity contribution is -0.118. The molecular weight excluding hydrogens is 254 g/mol. The van der Waals surface area contributed by atoms with Gasteiger partial charge in [0.05, 0.1) is 6.10 Å². The van der Waals surface area contributed by atoms with Crippen LogP contribution in [0.2, 0.25) is 0 Å². The zero-order chi connectivity index (χ0) is 14.6. The maximum Gasteiger partial charge on any atom is 0.244 e. The summed E-state index contributed by atoms with van der Waals surface area (Å²) in [7, 11) is 0. The summed E-state index contributed by atoms with van der Waals surface area (Å²) in [5, 5.41) is 13.0. The second-order valence-electron chi connectivity index (χ2n) is 5.33. The Bertz CT molecular complexity index is 512. The van der Waals surface area contributed by atoms with Crippen LogP contribution in [0.4, 0.5) is 0 Å². The summed E-state index contributed by atoms with van der Waals surface area (Å²) >= 11 is 0. The molecule has 0 spiro atoms. The molecule has 1 saturated heterocycles. The summed E-state index contributed by atoms with van der Waals surface area (Å²) in [4.78, 5) is 11.8. The molecule has 2 N–H and O–H groups in total. The lowest BCUT2D eigenvalue weighted by Crippen LogP contribution is -2.47. The topological polar surface area (TPSA) is 58.6 Å². The number of amides is 1. The Morgan fingerprint density at radius 3 is 3.05 bits per heavy atom. The molecule has 0 aromatic heterocycles. The minimum Gasteiger partial charge on any atom is -0.385 e. The first-order chi connectivity index (χ1) is 9.49. The minimum atomic E-state index is -0.952. The third kappa shape index (κ3) is 3.68. The molecule has 1 aliphatic rings. The summed E-state index contributed by atoms with van der Waals surface area (Å²) in [5.41, 5.74) is 1.18. The molecule has 0 saturated carbocycles. The minimum absolute atomic E-state index is 0.209. The lowest BCUT2D eigenvalue weighted by atomic mass is 9.97. The van der Waals surface area contributed by atoms with Crippen molar-refractivity contribution < 1.29 is 14.6 Å². The average molecular weight is 275 g/mol. The third-order valence-electron chi connectivity index (χ3n) is 3.70. The van der Waals surface area contributed by atoms with Gasteiger partial charge in [0.15, 0.2) is 0 Å². The molecule has 4 nitrogen and oxygen atoms in total. The largest absolute Gasteiger partial charge is 0.385 e. The fourth-order valence-corrected chi connectivity index (χ4v) is 2.25. The standard InChI is InChI=1S/C16H21NO3/c1-12-4-3-5-14(10-12)6-7-15(18)17-11-16(19)8-9-20-13(16)2/h3-7,10,13,19H,8-9,11H2,1-2H3,(H,17,18)/b7-6+. The molecule has 0 radical (unpaired) electrons. The van der Waals surface area contributed by atoms with Crippen molar-refractivity contribution in [2.75, 3.05) is 13.2 Å². The van der Waals surface area contributed by atoms with Gasteiger partial charge in [0, 0.05) is 25.6 Å². The van der Waals surface area contributed by atoms with Crippen LogP contribution in [0, 0.1) is 6.92 Å². The molecule has 1 heterocycles. The lowest BCUT2D eigenvalue weighted by Gasteiger charge is -2.25. The number of hydrogen-bond acceptors (Lipinski definition) is 3. The highest BCUT2D eigenvalue weighted by atomic mass is 16.5. The Balaban J connectivity index is 1.87. The van der Waals surface area contributed by atoms with E-state index in [9.17, 15) is 9.90 Å². The molecule has 1 aromatic carbocycles. The van der Waals surface area contributed by atoms with Crippen molar-refractivity contribution in [3.63, 3.8) is 0 Å². The van der Waals surface area contributed by atoms with E-state index < -0.39 is 5.60 Å². The first-order valence-corrected chi connectivity index (χ1v) is 6.86. The molecule has 108 valence electrons. The third-order valence-corrected chi connectivity index (χ3v) is 3.70. The smallest absolute Gasteiger partial charge is 0.244 e. The Hall–Kier alpha value is -1.65. The van der Waals surface area contributed by atoms with Crippen LogP contribution in [0.25, 0.3) is 6.08 Å². The van der Waals surface area contributed by atoms with Crippen molar-refractivity contribution in [3.05, 3.63) is 41.5 Å². The number of ether oxygens (including phenoxy) is 1. The van der Waals surface area contributed by atoms with Gasteiger partial charge in [0.25, 0.3) is 0 Å². The molecule has 0 aliphatic carbocycles. The van der Waals surface area contributed by atoms with Crippen molar-refractivity contribution in [2.24, 2.45) is 0 Å². The quantitative estimate of drug-likeness (QED) is 0.822. The molecule has 1 fully saturated rings. The summed E-state index contributed by atoms with van der Waals surface area (Å²) in [6.07, 6.45) is 3.55. The highest BCUT2D eigenvalue weighted by Crippen LogP contribution is 2.24. The van der Waals surface area contributed by atoms with E-state index in [0.717, 1.165) is 11.1 Å². The molecule has 1 aliphatic heterocycles. The highest BCUT2D eigenvalue weighted by molar-refractivity contribution is 5.91. The van der Waals surface area contributed by atoms with Gasteiger partial charge in [-0.25, -0.2) is 0 Å². The van der Waals surface area contributed by atoms with E-state index in [1.54, 1.807) is 6.08 Å². The van der Waals surface area contributed by atoms with Gasteiger partial charge in [-0.05, 0) is 25.5 Å². The van der Waals surface area contributed by atoms with E-state index in [1.807, 2.05) is 38.1 Å². The summed E-state index contributed by atoms with van der Waals surface area (Å²) in [6.45, 7) is 4.58. The van der Waals surface area contributed by atoms with Crippen molar-refractivity contribution in [1.29, 1.82) is 0 Å². The average Bonchev–Trinajstić information content (AvgIpc) is 2.75. The normalized spacial score (nSPS) is 26.1. The maximum absolute atomic E-state index is 11.8. The molecule has 0 bridgehead atoms. The first-order valence-electron chi connectivity index (χ1n) is 6.86. The molecule has 4 heteroatoms. The number of nitrogens with one attached hydrogen (secondary N) is 1. The fourth-order valence-electron chi connectivity index (χ4n) is 2.25. The van der Waals surface area contributed by atoms with Gasteiger partial charge >= 0.3 is 0 Å². The number of carbonyl (C=O) groups excluding carboxylic acids is 1. The van der Waals surface area contributed by atoms with Crippen LogP contribution < -0.4 is 5.32 Å². The molecule has 20 heavy (non-hydrogen) atoms. The monoisotopic (exact) mass is 275 g/mol. The number of benzene rings is 1. The van der Waals surface area contributed by atoms with E-state index in [0.29, 0.717) is 13.0 Å². The van der Waals surface area contributed by atoms with Crippen LogP contribution in [0.1, 0.15) is 24.5 Å². The van der Waals surface area contributed by atoms with Gasteiger partial charge in [0.1, 0.15) is 5.60 Å². The molecule has 1 amide bonds. The van der Waals surface area contributed by atoms with Gasteiger partial charge in [-0.2, -0.15) is 0 Å². The van der Waals surface area contributed by atoms with Crippen LogP contribution >= 0.6 is 0 Å². The van der Waals surface area contributed by atoms with Crippen LogP contribution in [-0.2, 0) is 9.53 Å². The Labute approximate surface area is 119 Å². The molecule has 1 aromatic rings. The molecule has 2 atom stereocenters. The van der Waals surface area contributed by atoms with Crippen LogP contribution in [0.15, 0.2) is 30.3 Å². The maximum atomic E-state index is 11.8. The van der Waals surface area contributed by atoms with E-state index in [-0.39, 0.29) is 18.6 Å². The number of hydrogen-bond donors (Lipinski definition) is 2. The second-order valence-corrected chi connectivity index (χ2v) is 5.33. The Morgan fingerprint density at radius 2 is 2.40 bits per heavy atom. The summed E-state index contributed by atoms with van der Waals surface area (Å²) in [6, 6.07) is 7.91. The predicted molar refractivity (Wildman–Crippen MR) is 78.2 cm³/mol. The van der Waals surface area contributed by atoms with E-state index in [2.05, 4.69) is 5.32 Å². The number of aryl methyl sites for hydroxylation is 1.